The van der Waals surface area contributed by atoms with E-state index in [1.165, 1.54) is 44.9 Å². The van der Waals surface area contributed by atoms with E-state index in [-0.39, 0.29) is 11.3 Å². The molecule has 3 heteroatoms. The second-order valence-electron chi connectivity index (χ2n) is 13.4. The standard InChI is InChI=1S/C29H48O3/c1-19(2)7-6-8-20(3)23-9-10-24-22-18-29(31-15-16-32-29)26-17-21(30)11-13-28(26,5)25(22)12-14-27(23,24)4/h19-20,22-26H,6-18H2,1-5H3/t20-,22-,23-,24+,25-,26+,27-,28-/m1/s1. The predicted octanol–water partition coefficient (Wildman–Crippen LogP) is 7.03. The SMILES string of the molecule is CC(C)CCC[C@@H](C)[C@H]1CC[C@H]2[C@H]3CC4(OCCO4)[C@H]4CC(=O)CC[C@]4(C)[C@@H]3CC[C@]12C. The van der Waals surface area contributed by atoms with E-state index in [2.05, 4.69) is 34.6 Å². The van der Waals surface area contributed by atoms with Crippen LogP contribution in [0.25, 0.3) is 0 Å². The van der Waals surface area contributed by atoms with Gasteiger partial charge < -0.3 is 9.47 Å². The summed E-state index contributed by atoms with van der Waals surface area (Å²) >= 11 is 0. The zero-order valence-electron chi connectivity index (χ0n) is 21.5. The number of fused-ring (bicyclic) bond motifs is 6. The maximum Gasteiger partial charge on any atom is 0.172 e. The first-order chi connectivity index (χ1) is 15.2. The molecule has 1 spiro atoms. The molecule has 1 saturated heterocycles. The molecule has 182 valence electrons. The fourth-order valence-corrected chi connectivity index (χ4v) is 9.92. The number of carbonyl (C=O) groups excluding carboxylic acids is 1. The lowest BCUT2D eigenvalue weighted by Crippen LogP contribution is -2.63. The molecule has 4 aliphatic carbocycles. The van der Waals surface area contributed by atoms with Crippen LogP contribution in [0.15, 0.2) is 0 Å². The summed E-state index contributed by atoms with van der Waals surface area (Å²) < 4.78 is 12.9. The lowest BCUT2D eigenvalue weighted by molar-refractivity contribution is -0.289. The van der Waals surface area contributed by atoms with Gasteiger partial charge in [0.2, 0.25) is 0 Å². The number of rotatable bonds is 5. The van der Waals surface area contributed by atoms with Crippen molar-refractivity contribution >= 4 is 5.78 Å². The van der Waals surface area contributed by atoms with Crippen molar-refractivity contribution in [1.82, 2.24) is 0 Å². The normalized spacial score (nSPS) is 46.2. The average molecular weight is 445 g/mol. The Hall–Kier alpha value is -0.410. The molecule has 0 radical (unpaired) electrons. The first-order valence-corrected chi connectivity index (χ1v) is 14.0. The summed E-state index contributed by atoms with van der Waals surface area (Å²) in [6, 6.07) is 0. The number of Topliss-reactive ketones (excluding diaryl/α,β-unsaturated/α-hetero) is 1. The van der Waals surface area contributed by atoms with Crippen LogP contribution in [0, 0.1) is 52.3 Å². The van der Waals surface area contributed by atoms with E-state index < -0.39 is 5.79 Å². The van der Waals surface area contributed by atoms with E-state index in [4.69, 9.17) is 9.47 Å². The molecule has 3 nitrogen and oxygen atoms in total. The molecule has 0 aromatic carbocycles. The minimum Gasteiger partial charge on any atom is -0.347 e. The first-order valence-electron chi connectivity index (χ1n) is 14.0. The summed E-state index contributed by atoms with van der Waals surface area (Å²) in [5.74, 6) is 5.00. The fourth-order valence-electron chi connectivity index (χ4n) is 9.92. The van der Waals surface area contributed by atoms with Crippen molar-refractivity contribution in [2.75, 3.05) is 13.2 Å². The van der Waals surface area contributed by atoms with Gasteiger partial charge in [0.05, 0.1) is 13.2 Å². The maximum atomic E-state index is 12.5. The summed E-state index contributed by atoms with van der Waals surface area (Å²) in [6.07, 6.45) is 13.3. The molecule has 8 atom stereocenters. The van der Waals surface area contributed by atoms with E-state index in [0.717, 1.165) is 48.9 Å². The second kappa shape index (κ2) is 8.36. The van der Waals surface area contributed by atoms with Crippen molar-refractivity contribution < 1.29 is 14.3 Å². The summed E-state index contributed by atoms with van der Waals surface area (Å²) in [5.41, 5.74) is 0.676. The Morgan fingerprint density at radius 2 is 1.66 bits per heavy atom. The molecule has 0 aromatic heterocycles. The quantitative estimate of drug-likeness (QED) is 0.456. The molecule has 0 bridgehead atoms. The van der Waals surface area contributed by atoms with Crippen LogP contribution in [0.5, 0.6) is 0 Å². The number of carbonyl (C=O) groups is 1. The molecule has 0 unspecified atom stereocenters. The summed E-state index contributed by atoms with van der Waals surface area (Å²) in [5, 5.41) is 0. The molecular formula is C29H48O3. The molecule has 1 heterocycles. The van der Waals surface area contributed by atoms with E-state index >= 15 is 0 Å². The summed E-state index contributed by atoms with van der Waals surface area (Å²) in [6.45, 7) is 13.9. The third-order valence-corrected chi connectivity index (χ3v) is 11.5. The van der Waals surface area contributed by atoms with Crippen molar-refractivity contribution in [2.45, 2.75) is 111 Å². The Morgan fingerprint density at radius 3 is 2.38 bits per heavy atom. The van der Waals surface area contributed by atoms with Crippen LogP contribution in [0.4, 0.5) is 0 Å². The van der Waals surface area contributed by atoms with Crippen LogP contribution in [0.2, 0.25) is 0 Å². The van der Waals surface area contributed by atoms with Crippen LogP contribution < -0.4 is 0 Å². The Kier molecular flexibility index (Phi) is 6.10. The van der Waals surface area contributed by atoms with Gasteiger partial charge in [-0.15, -0.1) is 0 Å². The largest absolute Gasteiger partial charge is 0.347 e. The van der Waals surface area contributed by atoms with Crippen LogP contribution in [0.1, 0.15) is 105 Å². The summed E-state index contributed by atoms with van der Waals surface area (Å²) in [4.78, 5) is 12.5. The van der Waals surface area contributed by atoms with Crippen LogP contribution >= 0.6 is 0 Å². The number of ketones is 1. The van der Waals surface area contributed by atoms with Crippen LogP contribution in [0.3, 0.4) is 0 Å². The highest BCUT2D eigenvalue weighted by Gasteiger charge is 2.67. The topological polar surface area (TPSA) is 35.5 Å². The van der Waals surface area contributed by atoms with E-state index in [1.807, 2.05) is 0 Å². The molecular weight excluding hydrogens is 396 g/mol. The van der Waals surface area contributed by atoms with Gasteiger partial charge in [-0.3, -0.25) is 4.79 Å². The monoisotopic (exact) mass is 444 g/mol. The second-order valence-corrected chi connectivity index (χ2v) is 13.4. The Bertz CT molecular complexity index is 709. The smallest absolute Gasteiger partial charge is 0.172 e. The molecule has 5 fully saturated rings. The minimum atomic E-state index is -0.481. The van der Waals surface area contributed by atoms with Crippen molar-refractivity contribution in [3.63, 3.8) is 0 Å². The third kappa shape index (κ3) is 3.55. The van der Waals surface area contributed by atoms with Gasteiger partial charge in [0.1, 0.15) is 5.78 Å². The van der Waals surface area contributed by atoms with Gasteiger partial charge in [0.25, 0.3) is 0 Å². The zero-order valence-corrected chi connectivity index (χ0v) is 21.5. The molecule has 0 N–H and O–H groups in total. The van der Waals surface area contributed by atoms with Crippen LogP contribution in [-0.2, 0) is 14.3 Å². The van der Waals surface area contributed by atoms with Crippen LogP contribution in [-0.4, -0.2) is 24.8 Å². The summed E-state index contributed by atoms with van der Waals surface area (Å²) in [7, 11) is 0. The molecule has 32 heavy (non-hydrogen) atoms. The predicted molar refractivity (Wildman–Crippen MR) is 128 cm³/mol. The fraction of sp³-hybridized carbons (Fsp3) is 0.966. The highest BCUT2D eigenvalue weighted by atomic mass is 16.7. The molecule has 5 aliphatic rings. The van der Waals surface area contributed by atoms with Crippen molar-refractivity contribution in [3.8, 4) is 0 Å². The number of hydrogen-bond acceptors (Lipinski definition) is 3. The zero-order chi connectivity index (χ0) is 22.7. The lowest BCUT2D eigenvalue weighted by Gasteiger charge is -2.64. The van der Waals surface area contributed by atoms with Gasteiger partial charge in [-0.25, -0.2) is 0 Å². The van der Waals surface area contributed by atoms with Gasteiger partial charge in [-0.1, -0.05) is 53.9 Å². The van der Waals surface area contributed by atoms with E-state index in [9.17, 15) is 4.79 Å². The minimum absolute atomic E-state index is 0.198. The first kappa shape index (κ1) is 23.3. The molecule has 5 rings (SSSR count). The average Bonchev–Trinajstić information content (AvgIpc) is 3.34. The molecule has 0 aromatic rings. The maximum absolute atomic E-state index is 12.5. The van der Waals surface area contributed by atoms with E-state index in [0.29, 0.717) is 36.8 Å². The third-order valence-electron chi connectivity index (χ3n) is 11.5. The lowest BCUT2D eigenvalue weighted by atomic mass is 9.43. The van der Waals surface area contributed by atoms with Crippen molar-refractivity contribution in [2.24, 2.45) is 52.3 Å². The van der Waals surface area contributed by atoms with Crippen molar-refractivity contribution in [1.29, 1.82) is 0 Å². The van der Waals surface area contributed by atoms with Gasteiger partial charge in [-0.2, -0.15) is 0 Å². The Labute approximate surface area is 196 Å². The molecule has 0 amide bonds. The number of hydrogen-bond donors (Lipinski definition) is 0. The molecule has 1 aliphatic heterocycles. The van der Waals surface area contributed by atoms with Gasteiger partial charge in [0, 0.05) is 25.2 Å². The highest BCUT2D eigenvalue weighted by molar-refractivity contribution is 5.80. The van der Waals surface area contributed by atoms with Gasteiger partial charge in [-0.05, 0) is 78.4 Å². The van der Waals surface area contributed by atoms with Gasteiger partial charge >= 0.3 is 0 Å². The van der Waals surface area contributed by atoms with E-state index in [1.54, 1.807) is 0 Å². The highest BCUT2D eigenvalue weighted by Crippen LogP contribution is 2.70. The Balaban J connectivity index is 1.40. The number of ether oxygens (including phenoxy) is 2. The van der Waals surface area contributed by atoms with Gasteiger partial charge in [0.15, 0.2) is 5.79 Å². The molecule has 4 saturated carbocycles. The van der Waals surface area contributed by atoms with Crippen molar-refractivity contribution in [3.05, 3.63) is 0 Å². The Morgan fingerprint density at radius 1 is 0.938 bits per heavy atom.